The van der Waals surface area contributed by atoms with E-state index in [9.17, 15) is 0 Å². The molecule has 0 spiro atoms. The van der Waals surface area contributed by atoms with Crippen LogP contribution in [0.3, 0.4) is 0 Å². The summed E-state index contributed by atoms with van der Waals surface area (Å²) in [5.41, 5.74) is 11.7. The van der Waals surface area contributed by atoms with Crippen LogP contribution in [-0.4, -0.2) is 18.1 Å². The van der Waals surface area contributed by atoms with Gasteiger partial charge in [0.15, 0.2) is 0 Å². The quantitative estimate of drug-likeness (QED) is 0.690. The molecule has 2 aromatic rings. The molecule has 0 aliphatic heterocycles. The molecule has 1 aromatic heterocycles. The molecule has 2 rings (SSSR count). The lowest BCUT2D eigenvalue weighted by atomic mass is 10.2. The van der Waals surface area contributed by atoms with Gasteiger partial charge < -0.3 is 16.5 Å². The molecule has 0 fully saturated rings. The molecule has 88 valence electrons. The highest BCUT2D eigenvalue weighted by Crippen LogP contribution is 2.09. The molecule has 0 saturated heterocycles. The molecule has 0 unspecified atom stereocenters. The number of nitrogens with two attached hydrogens (primary N) is 2. The summed E-state index contributed by atoms with van der Waals surface area (Å²) >= 11 is 0. The van der Waals surface area contributed by atoms with Crippen LogP contribution in [0.25, 0.3) is 10.9 Å². The molecule has 0 radical (unpaired) electrons. The summed E-state index contributed by atoms with van der Waals surface area (Å²) in [5, 5.41) is 1.28. The van der Waals surface area contributed by atoms with Gasteiger partial charge in [0, 0.05) is 11.7 Å². The summed E-state index contributed by atoms with van der Waals surface area (Å²) in [6.45, 7) is 1.61. The Bertz CT molecular complexity index is 347. The maximum atomic E-state index is 5.23. The second kappa shape index (κ2) is 7.91. The molecule has 0 aliphatic carbocycles. The fourth-order valence-corrected chi connectivity index (χ4v) is 1.46. The Morgan fingerprint density at radius 1 is 0.875 bits per heavy atom. The molecule has 0 bridgehead atoms. The van der Waals surface area contributed by atoms with Crippen LogP contribution in [0, 0.1) is 0 Å². The molecule has 0 amide bonds. The molecule has 16 heavy (non-hydrogen) atoms. The molecule has 5 N–H and O–H groups in total. The van der Waals surface area contributed by atoms with Crippen LogP contribution >= 0.6 is 0 Å². The van der Waals surface area contributed by atoms with Crippen molar-refractivity contribution in [3.63, 3.8) is 0 Å². The first-order valence-electron chi connectivity index (χ1n) is 5.80. The van der Waals surface area contributed by atoms with Crippen LogP contribution in [-0.2, 0) is 0 Å². The minimum Gasteiger partial charge on any atom is -0.361 e. The van der Waals surface area contributed by atoms with Crippen molar-refractivity contribution in [2.45, 2.75) is 19.3 Å². The Hall–Kier alpha value is -1.32. The monoisotopic (exact) mass is 219 g/mol. The van der Waals surface area contributed by atoms with E-state index in [1.54, 1.807) is 0 Å². The largest absolute Gasteiger partial charge is 0.361 e. The fourth-order valence-electron chi connectivity index (χ4n) is 1.46. The van der Waals surface area contributed by atoms with Crippen molar-refractivity contribution < 1.29 is 0 Å². The molecular weight excluding hydrogens is 198 g/mol. The summed E-state index contributed by atoms with van der Waals surface area (Å²) < 4.78 is 0. The lowest BCUT2D eigenvalue weighted by molar-refractivity contribution is 0.695. The fraction of sp³-hybridized carbons (Fsp3) is 0.385. The topological polar surface area (TPSA) is 67.8 Å². The van der Waals surface area contributed by atoms with E-state index in [1.165, 1.54) is 17.3 Å². The van der Waals surface area contributed by atoms with Crippen molar-refractivity contribution in [1.29, 1.82) is 0 Å². The number of H-pyrrole nitrogens is 1. The standard InChI is InChI=1S/C8H7N.C5H14N2/c1-2-4-8-7(3-1)5-6-9-8;6-4-2-1-3-5-7/h1-6,9H;1-7H2. The van der Waals surface area contributed by atoms with Gasteiger partial charge in [0.05, 0.1) is 0 Å². The summed E-state index contributed by atoms with van der Waals surface area (Å²) in [4.78, 5) is 3.12. The van der Waals surface area contributed by atoms with Crippen molar-refractivity contribution in [2.75, 3.05) is 13.1 Å². The molecule has 1 aromatic carbocycles. The zero-order valence-electron chi connectivity index (χ0n) is 9.65. The van der Waals surface area contributed by atoms with E-state index >= 15 is 0 Å². The maximum absolute atomic E-state index is 5.23. The van der Waals surface area contributed by atoms with E-state index < -0.39 is 0 Å². The highest BCUT2D eigenvalue weighted by Gasteiger charge is 1.86. The average Bonchev–Trinajstić information content (AvgIpc) is 2.78. The summed E-state index contributed by atoms with van der Waals surface area (Å²) in [6.07, 6.45) is 5.38. The minimum absolute atomic E-state index is 0.806. The molecular formula is C13H21N3. The van der Waals surface area contributed by atoms with Crippen molar-refractivity contribution >= 4 is 10.9 Å². The third-order valence-corrected chi connectivity index (χ3v) is 2.37. The number of hydrogen-bond donors (Lipinski definition) is 3. The smallest absolute Gasteiger partial charge is 0.0453 e. The number of hydrogen-bond acceptors (Lipinski definition) is 2. The van der Waals surface area contributed by atoms with Gasteiger partial charge in [0.2, 0.25) is 0 Å². The van der Waals surface area contributed by atoms with Gasteiger partial charge in [-0.1, -0.05) is 24.6 Å². The number of rotatable bonds is 4. The number of fused-ring (bicyclic) bond motifs is 1. The normalized spacial score (nSPS) is 9.88. The third-order valence-electron chi connectivity index (χ3n) is 2.37. The molecule has 3 nitrogen and oxygen atoms in total. The van der Waals surface area contributed by atoms with E-state index in [2.05, 4.69) is 23.2 Å². The predicted molar refractivity (Wildman–Crippen MR) is 70.3 cm³/mol. The van der Waals surface area contributed by atoms with Crippen LogP contribution in [0.5, 0.6) is 0 Å². The zero-order valence-corrected chi connectivity index (χ0v) is 9.65. The van der Waals surface area contributed by atoms with Gasteiger partial charge in [0.25, 0.3) is 0 Å². The van der Waals surface area contributed by atoms with Gasteiger partial charge in [-0.3, -0.25) is 0 Å². The van der Waals surface area contributed by atoms with Gasteiger partial charge >= 0.3 is 0 Å². The first-order chi connectivity index (χ1) is 7.88. The molecule has 0 aliphatic rings. The SMILES string of the molecule is NCCCCCN.c1ccc2[nH]ccc2c1. The predicted octanol–water partition coefficient (Wildman–Crippen LogP) is 2.24. The lowest BCUT2D eigenvalue weighted by Crippen LogP contribution is -2.02. The Kier molecular flexibility index (Phi) is 6.30. The van der Waals surface area contributed by atoms with Gasteiger partial charge in [-0.15, -0.1) is 0 Å². The van der Waals surface area contributed by atoms with Crippen molar-refractivity contribution in [1.82, 2.24) is 4.98 Å². The number of unbranched alkanes of at least 4 members (excludes halogenated alkanes) is 2. The highest BCUT2D eigenvalue weighted by atomic mass is 14.7. The van der Waals surface area contributed by atoms with Crippen molar-refractivity contribution in [3.8, 4) is 0 Å². The average molecular weight is 219 g/mol. The van der Waals surface area contributed by atoms with Gasteiger partial charge in [0.1, 0.15) is 0 Å². The van der Waals surface area contributed by atoms with Crippen LogP contribution < -0.4 is 11.5 Å². The van der Waals surface area contributed by atoms with Crippen LogP contribution in [0.1, 0.15) is 19.3 Å². The van der Waals surface area contributed by atoms with Crippen molar-refractivity contribution in [2.24, 2.45) is 11.5 Å². The lowest BCUT2D eigenvalue weighted by Gasteiger charge is -1.91. The second-order valence-corrected chi connectivity index (χ2v) is 3.70. The van der Waals surface area contributed by atoms with E-state index in [0.717, 1.165) is 25.9 Å². The zero-order chi connectivity index (χ0) is 11.6. The molecule has 0 saturated carbocycles. The molecule has 1 heterocycles. The Labute approximate surface area is 96.8 Å². The second-order valence-electron chi connectivity index (χ2n) is 3.70. The number of aromatic nitrogens is 1. The van der Waals surface area contributed by atoms with Crippen LogP contribution in [0.15, 0.2) is 36.5 Å². The summed E-state index contributed by atoms with van der Waals surface area (Å²) in [5.74, 6) is 0. The summed E-state index contributed by atoms with van der Waals surface area (Å²) in [6, 6.07) is 10.3. The Morgan fingerprint density at radius 2 is 1.56 bits per heavy atom. The highest BCUT2D eigenvalue weighted by molar-refractivity contribution is 5.78. The maximum Gasteiger partial charge on any atom is 0.0453 e. The Balaban J connectivity index is 0.000000168. The van der Waals surface area contributed by atoms with E-state index in [-0.39, 0.29) is 0 Å². The summed E-state index contributed by atoms with van der Waals surface area (Å²) in [7, 11) is 0. The number of para-hydroxylation sites is 1. The van der Waals surface area contributed by atoms with Gasteiger partial charge in [-0.25, -0.2) is 0 Å². The number of benzene rings is 1. The van der Waals surface area contributed by atoms with Crippen molar-refractivity contribution in [3.05, 3.63) is 36.5 Å². The minimum atomic E-state index is 0.806. The first kappa shape index (κ1) is 12.7. The molecule has 0 atom stereocenters. The number of nitrogens with one attached hydrogen (secondary N) is 1. The van der Waals surface area contributed by atoms with E-state index in [1.807, 2.05) is 18.3 Å². The number of aromatic amines is 1. The van der Waals surface area contributed by atoms with Crippen LogP contribution in [0.4, 0.5) is 0 Å². The Morgan fingerprint density at radius 3 is 2.19 bits per heavy atom. The van der Waals surface area contributed by atoms with E-state index in [0.29, 0.717) is 0 Å². The molecule has 3 heteroatoms. The van der Waals surface area contributed by atoms with Gasteiger partial charge in [-0.2, -0.15) is 0 Å². The van der Waals surface area contributed by atoms with Gasteiger partial charge in [-0.05, 0) is 43.5 Å². The first-order valence-corrected chi connectivity index (χ1v) is 5.80. The van der Waals surface area contributed by atoms with E-state index in [4.69, 9.17) is 11.5 Å². The van der Waals surface area contributed by atoms with Crippen LogP contribution in [0.2, 0.25) is 0 Å². The third kappa shape index (κ3) is 4.47.